The van der Waals surface area contributed by atoms with E-state index in [4.69, 9.17) is 5.11 Å². The van der Waals surface area contributed by atoms with Crippen molar-refractivity contribution in [2.45, 2.75) is 32.6 Å². The number of carboxylic acids is 1. The van der Waals surface area contributed by atoms with Crippen LogP contribution in [0.15, 0.2) is 18.3 Å². The summed E-state index contributed by atoms with van der Waals surface area (Å²) in [5.74, 6) is -0.835. The highest BCUT2D eigenvalue weighted by Gasteiger charge is 2.17. The molecule has 0 fully saturated rings. The average Bonchev–Trinajstić information content (AvgIpc) is 2.20. The van der Waals surface area contributed by atoms with Gasteiger partial charge in [-0.05, 0) is 12.5 Å². The maximum absolute atomic E-state index is 11.0. The van der Waals surface area contributed by atoms with Crippen molar-refractivity contribution in [1.82, 2.24) is 0 Å². The summed E-state index contributed by atoms with van der Waals surface area (Å²) in [4.78, 5) is 11.0. The summed E-state index contributed by atoms with van der Waals surface area (Å²) in [5, 5.41) is 9.03. The molecule has 0 aliphatic heterocycles. The minimum absolute atomic E-state index is 0.427. The number of unbranched alkanes of at least 4 members (excludes halogenated alkanes) is 2. The molecule has 0 aliphatic rings. The van der Waals surface area contributed by atoms with Gasteiger partial charge in [0.25, 0.3) is 0 Å². The van der Waals surface area contributed by atoms with Crippen molar-refractivity contribution in [2.24, 2.45) is 7.05 Å². The number of aromatic nitrogens is 1. The summed E-state index contributed by atoms with van der Waals surface area (Å²) in [6.07, 6.45) is 6.09. The van der Waals surface area contributed by atoms with E-state index in [1.54, 1.807) is 12.1 Å². The average molecular weight is 208 g/mol. The van der Waals surface area contributed by atoms with E-state index in [2.05, 4.69) is 6.92 Å². The second kappa shape index (κ2) is 5.49. The number of rotatable bonds is 5. The van der Waals surface area contributed by atoms with Crippen LogP contribution in [0.5, 0.6) is 0 Å². The number of hydrogen-bond donors (Lipinski definition) is 1. The third-order valence-electron chi connectivity index (χ3n) is 2.56. The Balaban J connectivity index is 2.87. The molecule has 0 saturated carbocycles. The zero-order valence-electron chi connectivity index (χ0n) is 9.36. The molecule has 0 aliphatic carbocycles. The van der Waals surface area contributed by atoms with Crippen LogP contribution < -0.4 is 4.57 Å². The van der Waals surface area contributed by atoms with Crippen molar-refractivity contribution in [1.29, 1.82) is 0 Å². The van der Waals surface area contributed by atoms with Gasteiger partial charge in [-0.1, -0.05) is 19.8 Å². The predicted octanol–water partition coefficient (Wildman–Crippen LogP) is 1.94. The minimum atomic E-state index is -0.835. The number of aryl methyl sites for hydroxylation is 1. The summed E-state index contributed by atoms with van der Waals surface area (Å²) >= 11 is 0. The molecule has 1 aromatic rings. The summed E-state index contributed by atoms with van der Waals surface area (Å²) in [7, 11) is 1.90. The number of carbonyl (C=O) groups is 1. The zero-order chi connectivity index (χ0) is 11.3. The van der Waals surface area contributed by atoms with Crippen LogP contribution in [-0.4, -0.2) is 11.1 Å². The topological polar surface area (TPSA) is 41.2 Å². The third kappa shape index (κ3) is 3.05. The molecule has 82 valence electrons. The van der Waals surface area contributed by atoms with Crippen molar-refractivity contribution in [2.75, 3.05) is 0 Å². The van der Waals surface area contributed by atoms with E-state index < -0.39 is 5.97 Å². The van der Waals surface area contributed by atoms with Crippen molar-refractivity contribution in [3.8, 4) is 0 Å². The Morgan fingerprint density at radius 3 is 2.80 bits per heavy atom. The zero-order valence-corrected chi connectivity index (χ0v) is 9.36. The van der Waals surface area contributed by atoms with E-state index in [0.29, 0.717) is 5.56 Å². The summed E-state index contributed by atoms with van der Waals surface area (Å²) in [5.41, 5.74) is 1.34. The van der Waals surface area contributed by atoms with E-state index >= 15 is 0 Å². The fourth-order valence-electron chi connectivity index (χ4n) is 1.69. The summed E-state index contributed by atoms with van der Waals surface area (Å²) in [6.45, 7) is 2.14. The van der Waals surface area contributed by atoms with Crippen LogP contribution in [0.1, 0.15) is 42.2 Å². The highest BCUT2D eigenvalue weighted by molar-refractivity contribution is 5.88. The van der Waals surface area contributed by atoms with Gasteiger partial charge in [-0.3, -0.25) is 0 Å². The Bertz CT molecular complexity index is 347. The molecule has 0 amide bonds. The molecule has 0 spiro atoms. The molecule has 3 nitrogen and oxygen atoms in total. The van der Waals surface area contributed by atoms with Gasteiger partial charge in [0.15, 0.2) is 11.9 Å². The van der Waals surface area contributed by atoms with Crippen molar-refractivity contribution in [3.05, 3.63) is 29.6 Å². The third-order valence-corrected chi connectivity index (χ3v) is 2.56. The Hall–Kier alpha value is -1.38. The molecule has 0 aromatic carbocycles. The first-order valence-corrected chi connectivity index (χ1v) is 5.37. The molecule has 1 N–H and O–H groups in total. The van der Waals surface area contributed by atoms with Crippen LogP contribution in [0.2, 0.25) is 0 Å². The Morgan fingerprint density at radius 1 is 1.47 bits per heavy atom. The van der Waals surface area contributed by atoms with Crippen LogP contribution in [0.4, 0.5) is 0 Å². The molecule has 0 radical (unpaired) electrons. The van der Waals surface area contributed by atoms with Gasteiger partial charge in [-0.2, -0.15) is 0 Å². The maximum atomic E-state index is 11.0. The van der Waals surface area contributed by atoms with Gasteiger partial charge in [0.05, 0.1) is 0 Å². The number of pyridine rings is 1. The highest BCUT2D eigenvalue weighted by atomic mass is 16.4. The molecule has 3 heteroatoms. The monoisotopic (exact) mass is 208 g/mol. The van der Waals surface area contributed by atoms with Crippen molar-refractivity contribution < 1.29 is 14.5 Å². The van der Waals surface area contributed by atoms with Crippen LogP contribution >= 0.6 is 0 Å². The second-order valence-corrected chi connectivity index (χ2v) is 3.74. The minimum Gasteiger partial charge on any atom is -0.477 e. The molecule has 1 heterocycles. The largest absolute Gasteiger partial charge is 0.477 e. The summed E-state index contributed by atoms with van der Waals surface area (Å²) in [6, 6.07) is 3.44. The van der Waals surface area contributed by atoms with Crippen LogP contribution in [-0.2, 0) is 13.5 Å². The molecule has 1 aromatic heterocycles. The number of carboxylic acid groups (broad SMARTS) is 1. The lowest BCUT2D eigenvalue weighted by molar-refractivity contribution is -0.679. The molecular weight excluding hydrogens is 190 g/mol. The molecule has 0 unspecified atom stereocenters. The first-order chi connectivity index (χ1) is 7.16. The van der Waals surface area contributed by atoms with Crippen molar-refractivity contribution in [3.63, 3.8) is 0 Å². The van der Waals surface area contributed by atoms with Gasteiger partial charge in [0, 0.05) is 12.5 Å². The van der Waals surface area contributed by atoms with Crippen LogP contribution in [0.3, 0.4) is 0 Å². The number of aromatic carboxylic acids is 1. The highest BCUT2D eigenvalue weighted by Crippen LogP contribution is 2.08. The molecule has 0 saturated heterocycles. The van der Waals surface area contributed by atoms with E-state index in [9.17, 15) is 4.79 Å². The number of nitrogens with zero attached hydrogens (tertiary/aromatic N) is 1. The van der Waals surface area contributed by atoms with Gasteiger partial charge in [-0.15, -0.1) is 0 Å². The van der Waals surface area contributed by atoms with Gasteiger partial charge >= 0.3 is 5.97 Å². The fraction of sp³-hybridized carbons (Fsp3) is 0.500. The lowest BCUT2D eigenvalue weighted by atomic mass is 10.1. The van der Waals surface area contributed by atoms with E-state index in [0.717, 1.165) is 31.4 Å². The maximum Gasteiger partial charge on any atom is 0.342 e. The first kappa shape index (κ1) is 11.7. The molecule has 0 atom stereocenters. The first-order valence-electron chi connectivity index (χ1n) is 5.37. The summed E-state index contributed by atoms with van der Waals surface area (Å²) < 4.78 is 1.90. The molecule has 1 rings (SSSR count). The van der Waals surface area contributed by atoms with E-state index in [-0.39, 0.29) is 0 Å². The Labute approximate surface area is 90.4 Å². The van der Waals surface area contributed by atoms with E-state index in [1.807, 2.05) is 17.8 Å². The second-order valence-electron chi connectivity index (χ2n) is 3.74. The SMILES string of the molecule is CCCCCc1c(C(=O)O)ccc[n+]1C. The van der Waals surface area contributed by atoms with Crippen LogP contribution in [0.25, 0.3) is 0 Å². The van der Waals surface area contributed by atoms with Gasteiger partial charge < -0.3 is 5.11 Å². The van der Waals surface area contributed by atoms with Gasteiger partial charge in [0.1, 0.15) is 12.6 Å². The molecule has 15 heavy (non-hydrogen) atoms. The number of hydrogen-bond acceptors (Lipinski definition) is 1. The smallest absolute Gasteiger partial charge is 0.342 e. The van der Waals surface area contributed by atoms with Crippen LogP contribution in [0, 0.1) is 0 Å². The Kier molecular flexibility index (Phi) is 4.28. The fourth-order valence-corrected chi connectivity index (χ4v) is 1.69. The lowest BCUT2D eigenvalue weighted by Gasteiger charge is -2.03. The molecule has 0 bridgehead atoms. The van der Waals surface area contributed by atoms with E-state index in [1.165, 1.54) is 0 Å². The molecular formula is C12H18NO2+. The standard InChI is InChI=1S/C12H17NO2/c1-3-4-5-8-11-10(12(14)15)7-6-9-13(11)2/h6-7,9H,3-5,8H2,1-2H3/p+1. The predicted molar refractivity (Wildman–Crippen MR) is 57.8 cm³/mol. The van der Waals surface area contributed by atoms with Crippen molar-refractivity contribution >= 4 is 5.97 Å². The normalized spacial score (nSPS) is 10.3. The quantitative estimate of drug-likeness (QED) is 0.593. The lowest BCUT2D eigenvalue weighted by Crippen LogP contribution is -2.35. The van der Waals surface area contributed by atoms with Gasteiger partial charge in [0.2, 0.25) is 0 Å². The Morgan fingerprint density at radius 2 is 2.20 bits per heavy atom. The van der Waals surface area contributed by atoms with Gasteiger partial charge in [-0.25, -0.2) is 9.36 Å².